The number of carbonyl (C=O) groups excluding carboxylic acids is 2. The molecule has 4 rings (SSSR count). The highest BCUT2D eigenvalue weighted by Crippen LogP contribution is 2.34. The van der Waals surface area contributed by atoms with Crippen LogP contribution < -0.4 is 19.9 Å². The number of benzene rings is 3. The van der Waals surface area contributed by atoms with Gasteiger partial charge in [0.25, 0.3) is 11.8 Å². The molecule has 3 aromatic carbocycles. The van der Waals surface area contributed by atoms with Crippen LogP contribution in [0.2, 0.25) is 0 Å². The molecule has 1 aliphatic rings. The summed E-state index contributed by atoms with van der Waals surface area (Å²) >= 11 is 0. The number of carbonyl (C=O) groups is 3. The number of carboxylic acids is 1. The number of para-hydroxylation sites is 2. The van der Waals surface area contributed by atoms with Gasteiger partial charge in [-0.05, 0) is 42.0 Å². The van der Waals surface area contributed by atoms with E-state index in [1.54, 1.807) is 54.6 Å². The van der Waals surface area contributed by atoms with Crippen LogP contribution in [0.1, 0.15) is 21.5 Å². The Kier molecular flexibility index (Phi) is 6.08. The molecule has 0 radical (unpaired) electrons. The molecule has 0 saturated carbocycles. The maximum absolute atomic E-state index is 12.9. The highest BCUT2D eigenvalue weighted by molar-refractivity contribution is 6.31. The second-order valence-corrected chi connectivity index (χ2v) is 7.15. The molecule has 0 aromatic heterocycles. The maximum atomic E-state index is 12.9. The zero-order chi connectivity index (χ0) is 23.4. The van der Waals surface area contributed by atoms with Crippen molar-refractivity contribution in [2.75, 3.05) is 12.1 Å². The van der Waals surface area contributed by atoms with Gasteiger partial charge in [0.2, 0.25) is 0 Å². The van der Waals surface area contributed by atoms with Gasteiger partial charge in [-0.3, -0.25) is 15.0 Å². The third kappa shape index (κ3) is 4.54. The summed E-state index contributed by atoms with van der Waals surface area (Å²) in [6.45, 7) is 0.0634. The van der Waals surface area contributed by atoms with Gasteiger partial charge in [-0.25, -0.2) is 9.80 Å². The minimum atomic E-state index is -1.03. The predicted octanol–water partition coefficient (Wildman–Crippen LogP) is 3.43. The van der Waals surface area contributed by atoms with Crippen molar-refractivity contribution in [2.24, 2.45) is 0 Å². The topological polar surface area (TPSA) is 105 Å². The molecule has 8 nitrogen and oxygen atoms in total. The molecule has 3 aromatic rings. The molecule has 8 heteroatoms. The fraction of sp³-hybridized carbons (Fsp3) is 0.0800. The van der Waals surface area contributed by atoms with Crippen LogP contribution in [-0.2, 0) is 16.2 Å². The minimum absolute atomic E-state index is 0.0511. The maximum Gasteiger partial charge on any atom is 0.335 e. The zero-order valence-electron chi connectivity index (χ0n) is 17.6. The molecule has 0 aliphatic carbocycles. The summed E-state index contributed by atoms with van der Waals surface area (Å²) in [5, 5.41) is 10.4. The molecule has 0 atom stereocenters. The molecule has 2 N–H and O–H groups in total. The number of amides is 2. The highest BCUT2D eigenvalue weighted by Gasteiger charge is 2.34. The van der Waals surface area contributed by atoms with E-state index in [2.05, 4.69) is 5.43 Å². The second kappa shape index (κ2) is 9.27. The molecular weight excluding hydrogens is 424 g/mol. The van der Waals surface area contributed by atoms with Crippen LogP contribution in [-0.4, -0.2) is 30.0 Å². The van der Waals surface area contributed by atoms with E-state index in [0.29, 0.717) is 28.3 Å². The van der Waals surface area contributed by atoms with Crippen LogP contribution in [0.15, 0.2) is 78.4 Å². The first kappa shape index (κ1) is 21.6. The molecule has 1 heterocycles. The fourth-order valence-corrected chi connectivity index (χ4v) is 3.38. The molecule has 0 unspecified atom stereocenters. The Labute approximate surface area is 189 Å². The van der Waals surface area contributed by atoms with Gasteiger partial charge in [-0.2, -0.15) is 0 Å². The number of nitrogens with one attached hydrogen (secondary N) is 1. The van der Waals surface area contributed by atoms with Crippen molar-refractivity contribution in [1.29, 1.82) is 0 Å². The number of hydrazine groups is 1. The lowest BCUT2D eigenvalue weighted by atomic mass is 10.1. The van der Waals surface area contributed by atoms with Crippen LogP contribution in [0.3, 0.4) is 0 Å². The van der Waals surface area contributed by atoms with Crippen molar-refractivity contribution in [3.8, 4) is 11.5 Å². The summed E-state index contributed by atoms with van der Waals surface area (Å²) in [4.78, 5) is 36.7. The smallest absolute Gasteiger partial charge is 0.335 e. The molecule has 0 spiro atoms. The predicted molar refractivity (Wildman–Crippen MR) is 121 cm³/mol. The first-order valence-corrected chi connectivity index (χ1v) is 10.0. The number of aromatic carboxylic acids is 1. The summed E-state index contributed by atoms with van der Waals surface area (Å²) in [6.07, 6.45) is 1.45. The van der Waals surface area contributed by atoms with E-state index in [4.69, 9.17) is 9.47 Å². The monoisotopic (exact) mass is 444 g/mol. The number of carboxylic acid groups (broad SMARTS) is 1. The van der Waals surface area contributed by atoms with E-state index >= 15 is 0 Å². The Bertz CT molecular complexity index is 1250. The van der Waals surface area contributed by atoms with E-state index in [-0.39, 0.29) is 17.7 Å². The van der Waals surface area contributed by atoms with Crippen molar-refractivity contribution in [3.63, 3.8) is 0 Å². The van der Waals surface area contributed by atoms with Crippen molar-refractivity contribution >= 4 is 29.5 Å². The van der Waals surface area contributed by atoms with Crippen molar-refractivity contribution < 1.29 is 29.0 Å². The Hall–Kier alpha value is -4.59. The first-order chi connectivity index (χ1) is 16.0. The molecule has 33 heavy (non-hydrogen) atoms. The van der Waals surface area contributed by atoms with Gasteiger partial charge < -0.3 is 14.6 Å². The van der Waals surface area contributed by atoms with Gasteiger partial charge in [-0.15, -0.1) is 0 Å². The number of hydrogen-bond acceptors (Lipinski definition) is 5. The van der Waals surface area contributed by atoms with Crippen LogP contribution in [0.4, 0.5) is 5.69 Å². The Morgan fingerprint density at radius 1 is 1.03 bits per heavy atom. The van der Waals surface area contributed by atoms with Gasteiger partial charge in [0, 0.05) is 5.56 Å². The van der Waals surface area contributed by atoms with Crippen LogP contribution in [0.5, 0.6) is 11.5 Å². The fourth-order valence-electron chi connectivity index (χ4n) is 3.38. The largest absolute Gasteiger partial charge is 0.493 e. The third-order valence-electron chi connectivity index (χ3n) is 4.99. The lowest BCUT2D eigenvalue weighted by molar-refractivity contribution is -0.117. The van der Waals surface area contributed by atoms with E-state index in [1.165, 1.54) is 30.3 Å². The van der Waals surface area contributed by atoms with E-state index in [0.717, 1.165) is 0 Å². The molecule has 0 bridgehead atoms. The quantitative estimate of drug-likeness (QED) is 0.427. The summed E-state index contributed by atoms with van der Waals surface area (Å²) < 4.78 is 11.4. The highest BCUT2D eigenvalue weighted by atomic mass is 16.5. The molecule has 1 saturated heterocycles. The molecule has 2 amide bonds. The van der Waals surface area contributed by atoms with Crippen LogP contribution in [0, 0.1) is 0 Å². The zero-order valence-corrected chi connectivity index (χ0v) is 17.6. The number of methoxy groups -OCH3 is 1. The summed E-state index contributed by atoms with van der Waals surface area (Å²) in [6, 6.07) is 20.3. The van der Waals surface area contributed by atoms with Gasteiger partial charge in [0.15, 0.2) is 11.5 Å². The van der Waals surface area contributed by atoms with Crippen molar-refractivity contribution in [3.05, 3.63) is 95.1 Å². The second-order valence-electron chi connectivity index (χ2n) is 7.15. The van der Waals surface area contributed by atoms with Gasteiger partial charge in [0.1, 0.15) is 12.2 Å². The number of nitrogens with zero attached hydrogens (tertiary/aromatic N) is 1. The number of hydrogen-bond donors (Lipinski definition) is 2. The number of anilines is 1. The number of rotatable bonds is 7. The van der Waals surface area contributed by atoms with E-state index in [9.17, 15) is 19.5 Å². The number of ether oxygens (including phenoxy) is 2. The van der Waals surface area contributed by atoms with Gasteiger partial charge >= 0.3 is 5.97 Å². The Morgan fingerprint density at radius 3 is 2.52 bits per heavy atom. The molecule has 1 aliphatic heterocycles. The lowest BCUT2D eigenvalue weighted by Crippen LogP contribution is -2.35. The summed E-state index contributed by atoms with van der Waals surface area (Å²) in [7, 11) is 1.48. The van der Waals surface area contributed by atoms with E-state index < -0.39 is 17.8 Å². The van der Waals surface area contributed by atoms with E-state index in [1.807, 2.05) is 6.07 Å². The van der Waals surface area contributed by atoms with Gasteiger partial charge in [-0.1, -0.05) is 42.5 Å². The summed E-state index contributed by atoms with van der Waals surface area (Å²) in [5.74, 6) is -1.33. The molecule has 166 valence electrons. The molecular formula is C25H20N2O6. The Balaban J connectivity index is 1.64. The SMILES string of the molecule is COc1cccc(/C=C2\C(=O)NN(c3ccccc3)C2=O)c1OCc1cccc(C(=O)O)c1. The lowest BCUT2D eigenvalue weighted by Gasteiger charge is -2.14. The van der Waals surface area contributed by atoms with Crippen LogP contribution >= 0.6 is 0 Å². The normalized spacial score (nSPS) is 14.3. The standard InChI is InChI=1S/C25H20N2O6/c1-32-21-12-6-8-17(22(21)33-15-16-7-5-9-18(13-16)25(30)31)14-20-23(28)26-27(24(20)29)19-10-3-2-4-11-19/h2-14H,15H2,1H3,(H,26,28)(H,30,31)/b20-14+. The average molecular weight is 444 g/mol. The molecule has 1 fully saturated rings. The first-order valence-electron chi connectivity index (χ1n) is 10.0. The third-order valence-corrected chi connectivity index (χ3v) is 4.99. The van der Waals surface area contributed by atoms with Crippen molar-refractivity contribution in [2.45, 2.75) is 6.61 Å². The van der Waals surface area contributed by atoms with Gasteiger partial charge in [0.05, 0.1) is 18.4 Å². The Morgan fingerprint density at radius 2 is 1.79 bits per heavy atom. The summed E-state index contributed by atoms with van der Waals surface area (Å²) in [5.41, 5.74) is 4.31. The average Bonchev–Trinajstić information content (AvgIpc) is 3.12. The van der Waals surface area contributed by atoms with Crippen molar-refractivity contribution in [1.82, 2.24) is 5.43 Å². The van der Waals surface area contributed by atoms with Crippen LogP contribution in [0.25, 0.3) is 6.08 Å². The minimum Gasteiger partial charge on any atom is -0.493 e.